The number of carbonyl (C=O) groups excluding carboxylic acids is 1. The average molecular weight is 409 g/mol. The zero-order valence-electron chi connectivity index (χ0n) is 17.1. The van der Waals surface area contributed by atoms with Crippen LogP contribution < -0.4 is 0 Å². The molecule has 5 atom stereocenters. The predicted octanol–water partition coefficient (Wildman–Crippen LogP) is 0.985. The molecule has 28 heavy (non-hydrogen) atoms. The highest BCUT2D eigenvalue weighted by Gasteiger charge is 2.35. The van der Waals surface area contributed by atoms with Crippen molar-refractivity contribution in [3.05, 3.63) is 0 Å². The first-order valence-corrected chi connectivity index (χ1v) is 10.6. The van der Waals surface area contributed by atoms with Gasteiger partial charge in [-0.2, -0.15) is 0 Å². The third-order valence-corrected chi connectivity index (χ3v) is 4.81. The van der Waals surface area contributed by atoms with E-state index >= 15 is 0 Å². The number of hydrogen-bond donors (Lipinski definition) is 6. The summed E-state index contributed by atoms with van der Waals surface area (Å²) in [6, 6.07) is 0. The van der Waals surface area contributed by atoms with Crippen molar-refractivity contribution in [3.63, 3.8) is 0 Å². The van der Waals surface area contributed by atoms with E-state index in [1.807, 2.05) is 0 Å². The highest BCUT2D eigenvalue weighted by molar-refractivity contribution is 5.69. The molecule has 6 N–H and O–H groups in total. The first-order chi connectivity index (χ1) is 13.3. The van der Waals surface area contributed by atoms with Crippen LogP contribution >= 0.6 is 0 Å². The Morgan fingerprint density at radius 2 is 1.18 bits per heavy atom. The standard InChI is InChI=1S/C20H40O8/c1-2-3-4-5-6-7-8-9-10-11-12-13-16(23)28-20(27)19(26)18(25)17(24)15(22)14-21/h15,17-22,24-27H,2-14H2,1H3/t15-,17+,18+,19+,20?/m0/s1. The third-order valence-electron chi connectivity index (χ3n) is 4.81. The Kier molecular flexibility index (Phi) is 16.6. The largest absolute Gasteiger partial charge is 0.433 e. The monoisotopic (exact) mass is 408 g/mol. The number of ether oxygens (including phenoxy) is 1. The smallest absolute Gasteiger partial charge is 0.308 e. The highest BCUT2D eigenvalue weighted by atomic mass is 16.6. The Morgan fingerprint density at radius 3 is 1.64 bits per heavy atom. The summed E-state index contributed by atoms with van der Waals surface area (Å²) >= 11 is 0. The van der Waals surface area contributed by atoms with Gasteiger partial charge in [0, 0.05) is 6.42 Å². The van der Waals surface area contributed by atoms with E-state index < -0.39 is 43.3 Å². The van der Waals surface area contributed by atoms with E-state index in [4.69, 9.17) is 5.11 Å². The molecule has 0 rings (SSSR count). The van der Waals surface area contributed by atoms with Crippen LogP contribution in [0.25, 0.3) is 0 Å². The van der Waals surface area contributed by atoms with Crippen LogP contribution in [-0.2, 0) is 9.53 Å². The summed E-state index contributed by atoms with van der Waals surface area (Å²) in [7, 11) is 0. The van der Waals surface area contributed by atoms with Gasteiger partial charge < -0.3 is 35.4 Å². The summed E-state index contributed by atoms with van der Waals surface area (Å²) in [5.41, 5.74) is 0. The molecule has 168 valence electrons. The average Bonchev–Trinajstić information content (AvgIpc) is 2.69. The Balaban J connectivity index is 3.77. The molecule has 0 aromatic heterocycles. The van der Waals surface area contributed by atoms with E-state index in [1.54, 1.807) is 0 Å². The van der Waals surface area contributed by atoms with Crippen LogP contribution in [0.3, 0.4) is 0 Å². The molecule has 8 nitrogen and oxygen atoms in total. The number of rotatable bonds is 18. The zero-order valence-corrected chi connectivity index (χ0v) is 17.1. The lowest BCUT2D eigenvalue weighted by molar-refractivity contribution is -0.213. The van der Waals surface area contributed by atoms with Crippen molar-refractivity contribution in [2.45, 2.75) is 115 Å². The highest BCUT2D eigenvalue weighted by Crippen LogP contribution is 2.13. The maximum Gasteiger partial charge on any atom is 0.308 e. The van der Waals surface area contributed by atoms with Gasteiger partial charge in [-0.15, -0.1) is 0 Å². The molecule has 0 aromatic carbocycles. The first-order valence-electron chi connectivity index (χ1n) is 10.6. The van der Waals surface area contributed by atoms with Gasteiger partial charge in [0.1, 0.15) is 24.4 Å². The van der Waals surface area contributed by atoms with Gasteiger partial charge in [0.15, 0.2) is 0 Å². The fourth-order valence-corrected chi connectivity index (χ4v) is 2.90. The lowest BCUT2D eigenvalue weighted by Gasteiger charge is -2.28. The number of aliphatic hydroxyl groups is 6. The van der Waals surface area contributed by atoms with Crippen molar-refractivity contribution in [1.82, 2.24) is 0 Å². The van der Waals surface area contributed by atoms with Gasteiger partial charge in [-0.1, -0.05) is 71.1 Å². The number of unbranched alkanes of at least 4 members (excludes halogenated alkanes) is 10. The van der Waals surface area contributed by atoms with E-state index in [0.29, 0.717) is 6.42 Å². The van der Waals surface area contributed by atoms with Crippen molar-refractivity contribution >= 4 is 5.97 Å². The summed E-state index contributed by atoms with van der Waals surface area (Å²) in [6.45, 7) is 1.37. The van der Waals surface area contributed by atoms with Crippen LogP contribution in [-0.4, -0.2) is 73.9 Å². The van der Waals surface area contributed by atoms with Crippen LogP contribution in [0.1, 0.15) is 84.0 Å². The maximum absolute atomic E-state index is 11.7. The molecule has 0 aliphatic rings. The molecular formula is C20H40O8. The van der Waals surface area contributed by atoms with Gasteiger partial charge in [0.05, 0.1) is 6.61 Å². The summed E-state index contributed by atoms with van der Waals surface area (Å²) in [6.07, 6.45) is 3.02. The number of carbonyl (C=O) groups is 1. The quantitative estimate of drug-likeness (QED) is 0.112. The lowest BCUT2D eigenvalue weighted by Crippen LogP contribution is -2.50. The van der Waals surface area contributed by atoms with Crippen LogP contribution in [0.2, 0.25) is 0 Å². The molecule has 0 aliphatic carbocycles. The van der Waals surface area contributed by atoms with E-state index in [0.717, 1.165) is 19.3 Å². The minimum atomic E-state index is -2.03. The normalized spacial score (nSPS) is 17.0. The minimum absolute atomic E-state index is 0.0821. The summed E-state index contributed by atoms with van der Waals surface area (Å²) in [4.78, 5) is 11.7. The van der Waals surface area contributed by atoms with Gasteiger partial charge in [0.25, 0.3) is 0 Å². The van der Waals surface area contributed by atoms with Crippen LogP contribution in [0, 0.1) is 0 Å². The lowest BCUT2D eigenvalue weighted by atomic mass is 10.0. The second-order valence-electron chi connectivity index (χ2n) is 7.39. The molecule has 0 saturated carbocycles. The Bertz CT molecular complexity index is 379. The Hall–Kier alpha value is -0.770. The number of hydrogen-bond acceptors (Lipinski definition) is 8. The summed E-state index contributed by atoms with van der Waals surface area (Å²) in [5, 5.41) is 56.3. The Labute approximate surface area is 168 Å². The van der Waals surface area contributed by atoms with Gasteiger partial charge in [-0.25, -0.2) is 0 Å². The van der Waals surface area contributed by atoms with E-state index in [-0.39, 0.29) is 6.42 Å². The van der Waals surface area contributed by atoms with Crippen LogP contribution in [0.15, 0.2) is 0 Å². The molecule has 0 heterocycles. The fourth-order valence-electron chi connectivity index (χ4n) is 2.90. The predicted molar refractivity (Wildman–Crippen MR) is 104 cm³/mol. The second-order valence-corrected chi connectivity index (χ2v) is 7.39. The molecule has 1 unspecified atom stereocenters. The van der Waals surface area contributed by atoms with Gasteiger partial charge in [-0.05, 0) is 6.42 Å². The van der Waals surface area contributed by atoms with Crippen molar-refractivity contribution in [3.8, 4) is 0 Å². The molecular weight excluding hydrogens is 368 g/mol. The molecule has 0 bridgehead atoms. The van der Waals surface area contributed by atoms with Crippen molar-refractivity contribution < 1.29 is 40.2 Å². The van der Waals surface area contributed by atoms with E-state index in [1.165, 1.54) is 44.9 Å². The zero-order chi connectivity index (χ0) is 21.4. The SMILES string of the molecule is CCCCCCCCCCCCCC(=O)OC(O)[C@H](O)[C@H](O)[C@H](O)[C@@H](O)CO. The molecule has 0 spiro atoms. The number of esters is 1. The molecule has 0 saturated heterocycles. The van der Waals surface area contributed by atoms with E-state index in [9.17, 15) is 30.3 Å². The van der Waals surface area contributed by atoms with Crippen LogP contribution in [0.4, 0.5) is 0 Å². The van der Waals surface area contributed by atoms with Gasteiger partial charge in [-0.3, -0.25) is 4.79 Å². The third kappa shape index (κ3) is 12.6. The van der Waals surface area contributed by atoms with E-state index in [2.05, 4.69) is 11.7 Å². The molecule has 0 aliphatic heterocycles. The molecule has 8 heteroatoms. The molecule has 0 amide bonds. The molecule has 0 fully saturated rings. The topological polar surface area (TPSA) is 148 Å². The van der Waals surface area contributed by atoms with Gasteiger partial charge in [0.2, 0.25) is 6.29 Å². The second kappa shape index (κ2) is 17.1. The van der Waals surface area contributed by atoms with Crippen LogP contribution in [0.5, 0.6) is 0 Å². The first kappa shape index (κ1) is 27.2. The summed E-state index contributed by atoms with van der Waals surface area (Å²) < 4.78 is 4.64. The Morgan fingerprint density at radius 1 is 0.714 bits per heavy atom. The fraction of sp³-hybridized carbons (Fsp3) is 0.950. The van der Waals surface area contributed by atoms with Crippen molar-refractivity contribution in [2.24, 2.45) is 0 Å². The maximum atomic E-state index is 11.7. The molecule has 0 radical (unpaired) electrons. The molecule has 0 aromatic rings. The number of aliphatic hydroxyl groups excluding tert-OH is 6. The van der Waals surface area contributed by atoms with Gasteiger partial charge >= 0.3 is 5.97 Å². The van der Waals surface area contributed by atoms with Crippen molar-refractivity contribution in [2.75, 3.05) is 6.61 Å². The summed E-state index contributed by atoms with van der Waals surface area (Å²) in [5.74, 6) is -0.716. The van der Waals surface area contributed by atoms with Crippen molar-refractivity contribution in [1.29, 1.82) is 0 Å². The minimum Gasteiger partial charge on any atom is -0.433 e.